The Bertz CT molecular complexity index is 1570. The van der Waals surface area contributed by atoms with Gasteiger partial charge >= 0.3 is 0 Å². The summed E-state index contributed by atoms with van der Waals surface area (Å²) in [4.78, 5) is 30.8. The van der Waals surface area contributed by atoms with Gasteiger partial charge in [-0.1, -0.05) is 41.9 Å². The fraction of sp³-hybridized carbons (Fsp3) is 0.0769. The number of nitrogens with zero attached hydrogens (tertiary/aromatic N) is 3. The molecular formula is C26H19ClN4O4. The minimum Gasteiger partial charge on any atom is -0.493 e. The Morgan fingerprint density at radius 1 is 1.11 bits per heavy atom. The normalized spacial score (nSPS) is 11.1. The number of benzene rings is 2. The Morgan fingerprint density at radius 3 is 2.54 bits per heavy atom. The number of hydrogen-bond donors (Lipinski definition) is 1. The Labute approximate surface area is 205 Å². The molecule has 35 heavy (non-hydrogen) atoms. The number of carbonyl (C=O) groups is 1. The summed E-state index contributed by atoms with van der Waals surface area (Å²) in [5.74, 6) is -0.0793. The number of hydrogen-bond acceptors (Lipinski definition) is 6. The van der Waals surface area contributed by atoms with Crippen LogP contribution in [0.3, 0.4) is 0 Å². The molecule has 9 heteroatoms. The second kappa shape index (κ2) is 10.1. The molecule has 0 spiro atoms. The second-order valence-corrected chi connectivity index (χ2v) is 7.78. The lowest BCUT2D eigenvalue weighted by atomic mass is 10.1. The summed E-state index contributed by atoms with van der Waals surface area (Å²) in [6.07, 6.45) is 2.71. The number of aryl methyl sites for hydroxylation is 1. The van der Waals surface area contributed by atoms with Gasteiger partial charge in [-0.3, -0.25) is 14.0 Å². The highest BCUT2D eigenvalue weighted by atomic mass is 35.5. The van der Waals surface area contributed by atoms with Crippen molar-refractivity contribution in [2.24, 2.45) is 0 Å². The fourth-order valence-electron chi connectivity index (χ4n) is 3.35. The lowest BCUT2D eigenvalue weighted by Gasteiger charge is -2.13. The van der Waals surface area contributed by atoms with Gasteiger partial charge in [-0.2, -0.15) is 10.2 Å². The van der Waals surface area contributed by atoms with Crippen LogP contribution in [-0.4, -0.2) is 22.4 Å². The zero-order chi connectivity index (χ0) is 24.9. The maximum Gasteiger partial charge on any atom is 0.269 e. The van der Waals surface area contributed by atoms with Gasteiger partial charge in [0.05, 0.1) is 17.8 Å². The van der Waals surface area contributed by atoms with Crippen molar-refractivity contribution >= 4 is 34.9 Å². The molecule has 0 bridgehead atoms. The van der Waals surface area contributed by atoms with Crippen molar-refractivity contribution in [3.8, 4) is 23.4 Å². The molecule has 0 atom stereocenters. The Morgan fingerprint density at radius 2 is 1.83 bits per heavy atom. The summed E-state index contributed by atoms with van der Waals surface area (Å²) in [7, 11) is 1.49. The second-order valence-electron chi connectivity index (χ2n) is 7.38. The first-order chi connectivity index (χ1) is 16.9. The number of para-hydroxylation sites is 3. The molecule has 2 aromatic heterocycles. The number of anilines is 1. The van der Waals surface area contributed by atoms with Crippen molar-refractivity contribution in [2.75, 3.05) is 12.4 Å². The molecule has 0 radical (unpaired) electrons. The predicted octanol–water partition coefficient (Wildman–Crippen LogP) is 5.00. The van der Waals surface area contributed by atoms with Gasteiger partial charge in [0.25, 0.3) is 11.5 Å². The van der Waals surface area contributed by atoms with E-state index in [4.69, 9.17) is 21.1 Å². The van der Waals surface area contributed by atoms with Crippen molar-refractivity contribution in [3.05, 3.63) is 98.9 Å². The molecular weight excluding hydrogens is 468 g/mol. The summed E-state index contributed by atoms with van der Waals surface area (Å²) in [5.41, 5.74) is 0.517. The molecule has 1 amide bonds. The number of rotatable bonds is 6. The number of ether oxygens (including phenoxy) is 2. The average molecular weight is 487 g/mol. The van der Waals surface area contributed by atoms with Crippen LogP contribution in [0.4, 0.5) is 5.69 Å². The Hall–Kier alpha value is -4.61. The van der Waals surface area contributed by atoms with Gasteiger partial charge in [-0.15, -0.1) is 0 Å². The number of methoxy groups -OCH3 is 1. The number of nitrogens with one attached hydrogen (secondary N) is 1. The van der Waals surface area contributed by atoms with Gasteiger partial charge in [-0.25, -0.2) is 0 Å². The lowest BCUT2D eigenvalue weighted by molar-refractivity contribution is -0.112. The van der Waals surface area contributed by atoms with Gasteiger partial charge in [0.1, 0.15) is 22.9 Å². The Kier molecular flexibility index (Phi) is 6.81. The van der Waals surface area contributed by atoms with E-state index in [-0.39, 0.29) is 17.0 Å². The van der Waals surface area contributed by atoms with E-state index in [9.17, 15) is 14.9 Å². The molecule has 4 rings (SSSR count). The lowest BCUT2D eigenvalue weighted by Crippen LogP contribution is -2.21. The van der Waals surface area contributed by atoms with Crippen LogP contribution in [0, 0.1) is 18.3 Å². The largest absolute Gasteiger partial charge is 0.493 e. The zero-order valence-corrected chi connectivity index (χ0v) is 19.5. The smallest absolute Gasteiger partial charge is 0.269 e. The zero-order valence-electron chi connectivity index (χ0n) is 18.8. The van der Waals surface area contributed by atoms with Crippen LogP contribution in [-0.2, 0) is 4.79 Å². The van der Waals surface area contributed by atoms with Gasteiger partial charge in [0.15, 0.2) is 11.5 Å². The molecule has 4 aromatic rings. The maximum atomic E-state index is 13.4. The van der Waals surface area contributed by atoms with Crippen LogP contribution in [0.2, 0.25) is 5.02 Å². The van der Waals surface area contributed by atoms with Crippen LogP contribution < -0.4 is 20.3 Å². The van der Waals surface area contributed by atoms with Crippen molar-refractivity contribution in [3.63, 3.8) is 0 Å². The number of amides is 1. The van der Waals surface area contributed by atoms with Crippen molar-refractivity contribution in [1.82, 2.24) is 9.38 Å². The van der Waals surface area contributed by atoms with E-state index in [1.165, 1.54) is 11.5 Å². The fourth-order valence-corrected chi connectivity index (χ4v) is 3.53. The molecule has 0 unspecified atom stereocenters. The quantitative estimate of drug-likeness (QED) is 0.303. The highest BCUT2D eigenvalue weighted by Gasteiger charge is 2.19. The SMILES string of the molecule is COc1ccccc1Oc1nc2c(C)cccn2c(=O)c1/C=C(/C#N)C(=O)Nc1ccccc1Cl. The predicted molar refractivity (Wildman–Crippen MR) is 133 cm³/mol. The number of aromatic nitrogens is 2. The van der Waals surface area contributed by atoms with Crippen LogP contribution in [0.1, 0.15) is 11.1 Å². The Balaban J connectivity index is 1.86. The molecule has 0 aliphatic rings. The third-order valence-electron chi connectivity index (χ3n) is 5.10. The number of fused-ring (bicyclic) bond motifs is 1. The minimum atomic E-state index is -0.738. The highest BCUT2D eigenvalue weighted by Crippen LogP contribution is 2.32. The molecule has 0 fully saturated rings. The molecule has 0 saturated heterocycles. The summed E-state index contributed by atoms with van der Waals surface area (Å²) >= 11 is 6.11. The monoisotopic (exact) mass is 486 g/mol. The van der Waals surface area contributed by atoms with Gasteiger partial charge in [-0.05, 0) is 48.9 Å². The maximum absolute atomic E-state index is 13.4. The van der Waals surface area contributed by atoms with Crippen LogP contribution in [0.15, 0.2) is 77.2 Å². The van der Waals surface area contributed by atoms with Crippen LogP contribution in [0.25, 0.3) is 11.7 Å². The van der Waals surface area contributed by atoms with E-state index >= 15 is 0 Å². The number of carbonyl (C=O) groups excluding carboxylic acids is 1. The molecule has 1 N–H and O–H groups in total. The van der Waals surface area contributed by atoms with Crippen LogP contribution in [0.5, 0.6) is 17.4 Å². The van der Waals surface area contributed by atoms with E-state index in [1.54, 1.807) is 60.8 Å². The van der Waals surface area contributed by atoms with Gasteiger partial charge < -0.3 is 14.8 Å². The topological polar surface area (TPSA) is 106 Å². The van der Waals surface area contributed by atoms with Gasteiger partial charge in [0, 0.05) is 6.20 Å². The molecule has 2 heterocycles. The molecule has 0 saturated carbocycles. The molecule has 2 aromatic carbocycles. The molecule has 0 aliphatic carbocycles. The first-order valence-electron chi connectivity index (χ1n) is 10.4. The molecule has 0 aliphatic heterocycles. The van der Waals surface area contributed by atoms with E-state index in [2.05, 4.69) is 10.3 Å². The van der Waals surface area contributed by atoms with Gasteiger partial charge in [0.2, 0.25) is 5.88 Å². The first-order valence-corrected chi connectivity index (χ1v) is 10.8. The van der Waals surface area contributed by atoms with E-state index < -0.39 is 11.5 Å². The first kappa shape index (κ1) is 23.5. The van der Waals surface area contributed by atoms with E-state index in [1.807, 2.05) is 19.1 Å². The van der Waals surface area contributed by atoms with E-state index in [0.29, 0.717) is 27.9 Å². The average Bonchev–Trinajstić information content (AvgIpc) is 2.86. The van der Waals surface area contributed by atoms with Crippen molar-refractivity contribution in [1.29, 1.82) is 5.26 Å². The summed E-state index contributed by atoms with van der Waals surface area (Å²) in [6.45, 7) is 1.81. The minimum absolute atomic E-state index is 0.0768. The number of nitriles is 1. The van der Waals surface area contributed by atoms with Crippen molar-refractivity contribution in [2.45, 2.75) is 6.92 Å². The third-order valence-corrected chi connectivity index (χ3v) is 5.43. The van der Waals surface area contributed by atoms with Crippen LogP contribution >= 0.6 is 11.6 Å². The summed E-state index contributed by atoms with van der Waals surface area (Å²) in [5, 5.41) is 12.6. The summed E-state index contributed by atoms with van der Waals surface area (Å²) < 4.78 is 12.6. The molecule has 174 valence electrons. The standard InChI is InChI=1S/C26H19ClN4O4/c1-16-8-7-13-31-23(16)30-25(35-22-12-6-5-11-21(22)34-2)18(26(31)33)14-17(15-28)24(32)29-20-10-4-3-9-19(20)27/h3-14H,1-2H3,(H,29,32)/b17-14-. The van der Waals surface area contributed by atoms with E-state index in [0.717, 1.165) is 11.6 Å². The third kappa shape index (κ3) is 4.86. The molecule has 8 nitrogen and oxygen atoms in total. The number of pyridine rings is 1. The highest BCUT2D eigenvalue weighted by molar-refractivity contribution is 6.34. The van der Waals surface area contributed by atoms with Crippen molar-refractivity contribution < 1.29 is 14.3 Å². The number of halogens is 1. The summed E-state index contributed by atoms with van der Waals surface area (Å²) in [6, 6.07) is 18.8.